The minimum absolute atomic E-state index is 0.0752. The molecule has 2 bridgehead atoms. The van der Waals surface area contributed by atoms with Crippen LogP contribution in [0.4, 0.5) is 0 Å². The van der Waals surface area contributed by atoms with Gasteiger partial charge in [0.2, 0.25) is 0 Å². The second-order valence-electron chi connectivity index (χ2n) is 5.10. The first-order valence-electron chi connectivity index (χ1n) is 6.59. The number of hydrogen-bond acceptors (Lipinski definition) is 5. The van der Waals surface area contributed by atoms with Gasteiger partial charge in [-0.05, 0) is 26.3 Å². The lowest BCUT2D eigenvalue weighted by atomic mass is 10.2. The maximum Gasteiger partial charge on any atom is 0.566 e. The third kappa shape index (κ3) is 2.78. The minimum atomic E-state index is -2.45. The maximum atomic E-state index is 5.95. The van der Waals surface area contributed by atoms with E-state index in [2.05, 4.69) is 0 Å². The van der Waals surface area contributed by atoms with Crippen LogP contribution in [0.5, 0.6) is 0 Å². The zero-order valence-corrected chi connectivity index (χ0v) is 11.9. The summed E-state index contributed by atoms with van der Waals surface area (Å²) in [6, 6.07) is 0.824. The Balaban J connectivity index is 1.44. The Labute approximate surface area is 108 Å². The van der Waals surface area contributed by atoms with Crippen LogP contribution >= 0.6 is 0 Å². The Hall–Kier alpha value is -0.403. The average Bonchev–Trinajstić information content (AvgIpc) is 3.08. The number of fused-ring (bicyclic) bond motifs is 2. The standard InChI is InChI=1S/C12H20O5Si/c1-9-6-12-10(2)16-18(15-9,17-12)5-3-4-13-7-11-8-14-11/h6,10-12H,3-5,7-8H2,1-2H3/t10?,11?,12-,18?/m1/s1. The molecule has 0 spiro atoms. The summed E-state index contributed by atoms with van der Waals surface area (Å²) in [5.41, 5.74) is 0. The Kier molecular flexibility index (Phi) is 3.46. The van der Waals surface area contributed by atoms with Crippen LogP contribution in [0.25, 0.3) is 0 Å². The maximum absolute atomic E-state index is 5.95. The van der Waals surface area contributed by atoms with Crippen molar-refractivity contribution in [1.82, 2.24) is 0 Å². The highest BCUT2D eigenvalue weighted by Gasteiger charge is 2.55. The summed E-state index contributed by atoms with van der Waals surface area (Å²) in [6.07, 6.45) is 3.43. The molecule has 0 saturated carbocycles. The van der Waals surface area contributed by atoms with Crippen molar-refractivity contribution < 1.29 is 22.8 Å². The van der Waals surface area contributed by atoms with Crippen LogP contribution in [0.1, 0.15) is 20.3 Å². The molecule has 0 aliphatic carbocycles. The average molecular weight is 272 g/mol. The summed E-state index contributed by atoms with van der Waals surface area (Å²) in [7, 11) is -2.45. The van der Waals surface area contributed by atoms with Crippen LogP contribution in [0.15, 0.2) is 11.8 Å². The van der Waals surface area contributed by atoms with Gasteiger partial charge >= 0.3 is 8.80 Å². The van der Waals surface area contributed by atoms with Crippen molar-refractivity contribution in [2.24, 2.45) is 0 Å². The van der Waals surface area contributed by atoms with Gasteiger partial charge in [-0.3, -0.25) is 0 Å². The fourth-order valence-electron chi connectivity index (χ4n) is 2.35. The smallest absolute Gasteiger partial charge is 0.505 e. The summed E-state index contributed by atoms with van der Waals surface area (Å²) in [5.74, 6) is 0.939. The van der Waals surface area contributed by atoms with Gasteiger partial charge in [0, 0.05) is 12.7 Å². The predicted molar refractivity (Wildman–Crippen MR) is 66.0 cm³/mol. The third-order valence-corrected chi connectivity index (χ3v) is 6.30. The van der Waals surface area contributed by atoms with E-state index in [0.29, 0.717) is 19.3 Å². The van der Waals surface area contributed by atoms with Gasteiger partial charge < -0.3 is 22.8 Å². The summed E-state index contributed by atoms with van der Waals surface area (Å²) in [4.78, 5) is 0. The Morgan fingerprint density at radius 3 is 3.06 bits per heavy atom. The minimum Gasteiger partial charge on any atom is -0.505 e. The zero-order valence-electron chi connectivity index (χ0n) is 10.9. The molecule has 0 aromatic heterocycles. The highest BCUT2D eigenvalue weighted by atomic mass is 28.4. The molecule has 0 amide bonds. The predicted octanol–water partition coefficient (Wildman–Crippen LogP) is 1.47. The van der Waals surface area contributed by atoms with Crippen molar-refractivity contribution in [1.29, 1.82) is 0 Å². The molecule has 6 heteroatoms. The molecule has 3 aliphatic heterocycles. The molecule has 5 nitrogen and oxygen atoms in total. The molecule has 0 N–H and O–H groups in total. The first-order chi connectivity index (χ1) is 8.67. The lowest BCUT2D eigenvalue weighted by Gasteiger charge is -2.27. The molecule has 0 aromatic carbocycles. The first kappa shape index (κ1) is 12.6. The van der Waals surface area contributed by atoms with Crippen molar-refractivity contribution in [3.05, 3.63) is 11.8 Å². The van der Waals surface area contributed by atoms with Crippen LogP contribution in [0, 0.1) is 0 Å². The van der Waals surface area contributed by atoms with E-state index >= 15 is 0 Å². The summed E-state index contributed by atoms with van der Waals surface area (Å²) < 4.78 is 28.3. The van der Waals surface area contributed by atoms with Crippen molar-refractivity contribution in [2.45, 2.75) is 44.6 Å². The topological polar surface area (TPSA) is 49.5 Å². The van der Waals surface area contributed by atoms with E-state index in [1.165, 1.54) is 0 Å². The van der Waals surface area contributed by atoms with Crippen LogP contribution in [0.3, 0.4) is 0 Å². The van der Waals surface area contributed by atoms with Gasteiger partial charge in [-0.15, -0.1) is 0 Å². The summed E-state index contributed by atoms with van der Waals surface area (Å²) in [5, 5.41) is 0. The molecular formula is C12H20O5Si. The summed E-state index contributed by atoms with van der Waals surface area (Å²) in [6.45, 7) is 6.28. The van der Waals surface area contributed by atoms with Gasteiger partial charge in [-0.25, -0.2) is 0 Å². The highest BCUT2D eigenvalue weighted by molar-refractivity contribution is 6.61. The van der Waals surface area contributed by atoms with Crippen molar-refractivity contribution in [3.8, 4) is 0 Å². The lowest BCUT2D eigenvalue weighted by Crippen LogP contribution is -2.42. The fraction of sp³-hybridized carbons (Fsp3) is 0.833. The molecular weight excluding hydrogens is 252 g/mol. The quantitative estimate of drug-likeness (QED) is 0.416. The SMILES string of the molecule is CC1=C[C@H]2O[Si](CCCOCC3CO3)(O1)OC2C. The fourth-order valence-corrected chi connectivity index (χ4v) is 5.35. The lowest BCUT2D eigenvalue weighted by molar-refractivity contribution is 0.108. The molecule has 0 radical (unpaired) electrons. The molecule has 3 unspecified atom stereocenters. The second-order valence-corrected chi connectivity index (χ2v) is 7.64. The second kappa shape index (κ2) is 4.94. The van der Waals surface area contributed by atoms with Gasteiger partial charge in [-0.1, -0.05) is 0 Å². The molecule has 4 atom stereocenters. The molecule has 3 heterocycles. The van der Waals surface area contributed by atoms with Gasteiger partial charge in [-0.2, -0.15) is 0 Å². The number of rotatable bonds is 6. The van der Waals surface area contributed by atoms with Crippen molar-refractivity contribution in [3.63, 3.8) is 0 Å². The van der Waals surface area contributed by atoms with Gasteiger partial charge in [0.15, 0.2) is 0 Å². The van der Waals surface area contributed by atoms with Crippen LogP contribution in [0.2, 0.25) is 6.04 Å². The number of epoxide rings is 1. The monoisotopic (exact) mass is 272 g/mol. The number of hydrogen-bond donors (Lipinski definition) is 0. The van der Waals surface area contributed by atoms with E-state index in [9.17, 15) is 0 Å². The van der Waals surface area contributed by atoms with E-state index in [4.69, 9.17) is 22.8 Å². The molecule has 102 valence electrons. The first-order valence-corrected chi connectivity index (χ1v) is 8.52. The molecule has 0 aromatic rings. The normalized spacial score (nSPS) is 41.4. The van der Waals surface area contributed by atoms with Crippen molar-refractivity contribution >= 4 is 8.80 Å². The van der Waals surface area contributed by atoms with Crippen LogP contribution < -0.4 is 0 Å². The highest BCUT2D eigenvalue weighted by Crippen LogP contribution is 2.36. The van der Waals surface area contributed by atoms with Crippen molar-refractivity contribution in [2.75, 3.05) is 19.8 Å². The number of allylic oxidation sites excluding steroid dienone is 1. The van der Waals surface area contributed by atoms with E-state index in [1.54, 1.807) is 0 Å². The van der Waals surface area contributed by atoms with E-state index < -0.39 is 8.80 Å². The Morgan fingerprint density at radius 2 is 2.28 bits per heavy atom. The van der Waals surface area contributed by atoms with E-state index in [1.807, 2.05) is 19.9 Å². The largest absolute Gasteiger partial charge is 0.566 e. The van der Waals surface area contributed by atoms with Crippen LogP contribution in [-0.2, 0) is 22.8 Å². The zero-order chi connectivity index (χ0) is 12.6. The van der Waals surface area contributed by atoms with Gasteiger partial charge in [0.05, 0.1) is 31.2 Å². The molecule has 2 fully saturated rings. The number of ether oxygens (including phenoxy) is 2. The molecule has 2 saturated heterocycles. The van der Waals surface area contributed by atoms with Crippen LogP contribution in [-0.4, -0.2) is 46.9 Å². The van der Waals surface area contributed by atoms with E-state index in [-0.39, 0.29) is 12.2 Å². The summed E-state index contributed by atoms with van der Waals surface area (Å²) >= 11 is 0. The van der Waals surface area contributed by atoms with E-state index in [0.717, 1.165) is 24.8 Å². The Bertz CT molecular complexity index is 343. The Morgan fingerprint density at radius 1 is 1.44 bits per heavy atom. The molecule has 3 rings (SSSR count). The molecule has 3 aliphatic rings. The third-order valence-electron chi connectivity index (χ3n) is 3.34. The molecule has 18 heavy (non-hydrogen) atoms. The van der Waals surface area contributed by atoms with Gasteiger partial charge in [0.1, 0.15) is 6.10 Å². The van der Waals surface area contributed by atoms with Gasteiger partial charge in [0.25, 0.3) is 0 Å².